The predicted molar refractivity (Wildman–Crippen MR) is 110 cm³/mol. The molecule has 2 N–H and O–H groups in total. The number of halogens is 1. The van der Waals surface area contributed by atoms with Crippen molar-refractivity contribution in [3.05, 3.63) is 52.7 Å². The number of furan rings is 1. The lowest BCUT2D eigenvalue weighted by molar-refractivity contribution is 0.102. The Labute approximate surface area is 165 Å². The van der Waals surface area contributed by atoms with E-state index >= 15 is 0 Å². The molecule has 0 spiro atoms. The summed E-state index contributed by atoms with van der Waals surface area (Å²) in [5.41, 5.74) is 3.10. The van der Waals surface area contributed by atoms with Gasteiger partial charge in [-0.25, -0.2) is 0 Å². The zero-order chi connectivity index (χ0) is 18.8. The molecule has 1 fully saturated rings. The van der Waals surface area contributed by atoms with Crippen molar-refractivity contribution in [3.63, 3.8) is 0 Å². The topological polar surface area (TPSA) is 66.7 Å². The SMILES string of the molecule is COc1ccc(Br)c(C(=O)Nc2cc(N3CCNCC3)c3occc3c2)c1. The highest BCUT2D eigenvalue weighted by Crippen LogP contribution is 2.33. The van der Waals surface area contributed by atoms with Gasteiger partial charge < -0.3 is 24.7 Å². The smallest absolute Gasteiger partial charge is 0.256 e. The Balaban J connectivity index is 1.67. The molecule has 1 aliphatic heterocycles. The third kappa shape index (κ3) is 3.65. The number of amides is 1. The summed E-state index contributed by atoms with van der Waals surface area (Å²) in [6.45, 7) is 3.65. The number of hydrogen-bond donors (Lipinski definition) is 2. The summed E-state index contributed by atoms with van der Waals surface area (Å²) in [7, 11) is 1.58. The first-order valence-electron chi connectivity index (χ1n) is 8.77. The third-order valence-corrected chi connectivity index (χ3v) is 5.36. The number of fused-ring (bicyclic) bond motifs is 1. The Morgan fingerprint density at radius 2 is 2.04 bits per heavy atom. The summed E-state index contributed by atoms with van der Waals surface area (Å²) in [6.07, 6.45) is 1.68. The fraction of sp³-hybridized carbons (Fsp3) is 0.250. The van der Waals surface area contributed by atoms with Crippen molar-refractivity contribution < 1.29 is 13.9 Å². The van der Waals surface area contributed by atoms with Gasteiger partial charge in [0.05, 0.1) is 24.6 Å². The van der Waals surface area contributed by atoms with Crippen LogP contribution in [0, 0.1) is 0 Å². The van der Waals surface area contributed by atoms with Crippen LogP contribution in [-0.4, -0.2) is 39.2 Å². The quantitative estimate of drug-likeness (QED) is 0.658. The largest absolute Gasteiger partial charge is 0.497 e. The van der Waals surface area contributed by atoms with Gasteiger partial charge in [-0.2, -0.15) is 0 Å². The van der Waals surface area contributed by atoms with Gasteiger partial charge in [0.1, 0.15) is 5.75 Å². The lowest BCUT2D eigenvalue weighted by Crippen LogP contribution is -2.43. The average molecular weight is 430 g/mol. The zero-order valence-corrected chi connectivity index (χ0v) is 16.5. The minimum Gasteiger partial charge on any atom is -0.497 e. The highest BCUT2D eigenvalue weighted by Gasteiger charge is 2.18. The summed E-state index contributed by atoms with van der Waals surface area (Å²) in [5, 5.41) is 7.32. The lowest BCUT2D eigenvalue weighted by atomic mass is 10.1. The molecule has 0 aliphatic carbocycles. The van der Waals surface area contributed by atoms with E-state index in [-0.39, 0.29) is 5.91 Å². The number of benzene rings is 2. The molecule has 0 saturated carbocycles. The van der Waals surface area contributed by atoms with Crippen molar-refractivity contribution in [2.24, 2.45) is 0 Å². The molecular weight excluding hydrogens is 410 g/mol. The Bertz CT molecular complexity index is 980. The molecule has 0 unspecified atom stereocenters. The van der Waals surface area contributed by atoms with Crippen LogP contribution in [0.5, 0.6) is 5.75 Å². The van der Waals surface area contributed by atoms with Crippen LogP contribution < -0.4 is 20.3 Å². The van der Waals surface area contributed by atoms with E-state index in [2.05, 4.69) is 31.5 Å². The van der Waals surface area contributed by atoms with E-state index in [4.69, 9.17) is 9.15 Å². The maximum atomic E-state index is 12.8. The summed E-state index contributed by atoms with van der Waals surface area (Å²) in [6, 6.07) is 11.1. The summed E-state index contributed by atoms with van der Waals surface area (Å²) < 4.78 is 11.6. The van der Waals surface area contributed by atoms with Crippen LogP contribution in [0.4, 0.5) is 11.4 Å². The van der Waals surface area contributed by atoms with Gasteiger partial charge in [-0.3, -0.25) is 4.79 Å². The molecular formula is C20H20BrN3O3. The lowest BCUT2D eigenvalue weighted by Gasteiger charge is -2.29. The van der Waals surface area contributed by atoms with Crippen molar-refractivity contribution in [2.75, 3.05) is 43.5 Å². The number of hydrogen-bond acceptors (Lipinski definition) is 5. The monoisotopic (exact) mass is 429 g/mol. The molecule has 1 aromatic heterocycles. The van der Waals surface area contributed by atoms with Crippen molar-refractivity contribution in [1.82, 2.24) is 5.32 Å². The number of methoxy groups -OCH3 is 1. The van der Waals surface area contributed by atoms with E-state index in [1.165, 1.54) is 0 Å². The van der Waals surface area contributed by atoms with Gasteiger partial charge in [-0.05, 0) is 52.3 Å². The molecule has 1 amide bonds. The Morgan fingerprint density at radius 1 is 1.22 bits per heavy atom. The molecule has 6 nitrogen and oxygen atoms in total. The predicted octanol–water partition coefficient (Wildman–Crippen LogP) is 3.87. The van der Waals surface area contributed by atoms with E-state index in [1.807, 2.05) is 18.2 Å². The Kier molecular flexibility index (Phi) is 5.05. The molecule has 27 heavy (non-hydrogen) atoms. The second-order valence-corrected chi connectivity index (χ2v) is 7.23. The zero-order valence-electron chi connectivity index (χ0n) is 14.9. The van der Waals surface area contributed by atoms with Crippen LogP contribution in [0.2, 0.25) is 0 Å². The molecule has 2 aromatic carbocycles. The first-order chi connectivity index (χ1) is 13.2. The minimum absolute atomic E-state index is 0.199. The fourth-order valence-corrected chi connectivity index (χ4v) is 3.71. The fourth-order valence-electron chi connectivity index (χ4n) is 3.28. The standard InChI is InChI=1S/C20H20BrN3O3/c1-26-15-2-3-17(21)16(12-15)20(25)23-14-10-13-4-9-27-19(13)18(11-14)24-7-5-22-6-8-24/h2-4,9-12,22H,5-8H2,1H3,(H,23,25). The van der Waals surface area contributed by atoms with Crippen LogP contribution in [0.1, 0.15) is 10.4 Å². The first kappa shape index (κ1) is 17.9. The van der Waals surface area contributed by atoms with Gasteiger partial charge in [0.25, 0.3) is 5.91 Å². The van der Waals surface area contributed by atoms with Crippen molar-refractivity contribution >= 4 is 44.2 Å². The van der Waals surface area contributed by atoms with E-state index in [0.29, 0.717) is 15.8 Å². The van der Waals surface area contributed by atoms with Crippen molar-refractivity contribution in [3.8, 4) is 5.75 Å². The van der Waals surface area contributed by atoms with Gasteiger partial charge >= 0.3 is 0 Å². The number of carbonyl (C=O) groups is 1. The summed E-state index contributed by atoms with van der Waals surface area (Å²) >= 11 is 3.44. The number of nitrogens with one attached hydrogen (secondary N) is 2. The van der Waals surface area contributed by atoms with Crippen molar-refractivity contribution in [2.45, 2.75) is 0 Å². The molecule has 2 heterocycles. The van der Waals surface area contributed by atoms with Gasteiger partial charge in [0.15, 0.2) is 5.58 Å². The molecule has 1 saturated heterocycles. The molecule has 140 valence electrons. The Hall–Kier alpha value is -2.51. The van der Waals surface area contributed by atoms with E-state index in [0.717, 1.165) is 48.5 Å². The second kappa shape index (κ2) is 7.62. The van der Waals surface area contributed by atoms with Crippen LogP contribution in [-0.2, 0) is 0 Å². The summed E-state index contributed by atoms with van der Waals surface area (Å²) in [5.74, 6) is 0.435. The number of piperazine rings is 1. The van der Waals surface area contributed by atoms with Crippen LogP contribution in [0.3, 0.4) is 0 Å². The van der Waals surface area contributed by atoms with Crippen LogP contribution >= 0.6 is 15.9 Å². The molecule has 7 heteroatoms. The van der Waals surface area contributed by atoms with E-state index < -0.39 is 0 Å². The highest BCUT2D eigenvalue weighted by molar-refractivity contribution is 9.10. The second-order valence-electron chi connectivity index (χ2n) is 6.37. The van der Waals surface area contributed by atoms with Crippen molar-refractivity contribution in [1.29, 1.82) is 0 Å². The number of carbonyl (C=O) groups excluding carboxylic acids is 1. The maximum absolute atomic E-state index is 12.8. The normalized spacial score (nSPS) is 14.4. The third-order valence-electron chi connectivity index (χ3n) is 4.67. The number of ether oxygens (including phenoxy) is 1. The molecule has 3 aromatic rings. The van der Waals surface area contributed by atoms with Crippen LogP contribution in [0.25, 0.3) is 11.0 Å². The number of anilines is 2. The first-order valence-corrected chi connectivity index (χ1v) is 9.57. The number of rotatable bonds is 4. The van der Waals surface area contributed by atoms with Gasteiger partial charge in [0, 0.05) is 41.7 Å². The molecule has 4 rings (SSSR count). The average Bonchev–Trinajstić information content (AvgIpc) is 3.17. The number of nitrogens with zero attached hydrogens (tertiary/aromatic N) is 1. The van der Waals surface area contributed by atoms with E-state index in [9.17, 15) is 4.79 Å². The van der Waals surface area contributed by atoms with Gasteiger partial charge in [0.2, 0.25) is 0 Å². The van der Waals surface area contributed by atoms with E-state index in [1.54, 1.807) is 31.6 Å². The molecule has 0 bridgehead atoms. The van der Waals surface area contributed by atoms with Gasteiger partial charge in [-0.15, -0.1) is 0 Å². The molecule has 1 aliphatic rings. The minimum atomic E-state index is -0.199. The summed E-state index contributed by atoms with van der Waals surface area (Å²) in [4.78, 5) is 15.1. The maximum Gasteiger partial charge on any atom is 0.256 e. The molecule has 0 radical (unpaired) electrons. The van der Waals surface area contributed by atoms with Gasteiger partial charge in [-0.1, -0.05) is 0 Å². The van der Waals surface area contributed by atoms with Crippen LogP contribution in [0.15, 0.2) is 51.6 Å². The Morgan fingerprint density at radius 3 is 2.81 bits per heavy atom. The molecule has 0 atom stereocenters. The highest BCUT2D eigenvalue weighted by atomic mass is 79.9.